The molecule has 0 aliphatic rings. The molecule has 6 N–H and O–H groups in total. The first-order chi connectivity index (χ1) is 9.06. The molecule has 0 aliphatic heterocycles. The summed E-state index contributed by atoms with van der Waals surface area (Å²) in [6.45, 7) is 0. The van der Waals surface area contributed by atoms with E-state index >= 15 is 0 Å². The summed E-state index contributed by atoms with van der Waals surface area (Å²) in [5.41, 5.74) is 16.7. The van der Waals surface area contributed by atoms with Crippen LogP contribution in [0.15, 0.2) is 46.6 Å². The maximum absolute atomic E-state index is 13.3. The number of hydrogen-bond acceptors (Lipinski definition) is 2. The fraction of sp³-hybridized carbons (Fsp3) is 0. The fourth-order valence-electron chi connectivity index (χ4n) is 1.47. The van der Waals surface area contributed by atoms with Gasteiger partial charge in [-0.15, -0.1) is 0 Å². The van der Waals surface area contributed by atoms with Gasteiger partial charge in [-0.3, -0.25) is 0 Å². The standard InChI is InChI=1S/C11H12FN7/c12-7-2-3-9(19-5-1-4-16-19)8(6-7)17-11(15)18-10(13)14/h1-6H,(H6,13,14,15,17,18). The van der Waals surface area contributed by atoms with Gasteiger partial charge in [-0.25, -0.2) is 14.1 Å². The van der Waals surface area contributed by atoms with Crippen LogP contribution in [0.25, 0.3) is 5.69 Å². The molecule has 2 rings (SSSR count). The molecule has 0 saturated carbocycles. The van der Waals surface area contributed by atoms with Crippen LogP contribution in [0.4, 0.5) is 10.1 Å². The van der Waals surface area contributed by atoms with Crippen molar-refractivity contribution in [1.29, 1.82) is 0 Å². The van der Waals surface area contributed by atoms with E-state index in [-0.39, 0.29) is 17.6 Å². The van der Waals surface area contributed by atoms with Gasteiger partial charge in [0.05, 0.1) is 11.4 Å². The van der Waals surface area contributed by atoms with Gasteiger partial charge in [0.1, 0.15) is 5.82 Å². The molecule has 0 bridgehead atoms. The maximum atomic E-state index is 13.3. The molecule has 0 saturated heterocycles. The van der Waals surface area contributed by atoms with E-state index in [9.17, 15) is 4.39 Å². The topological polar surface area (TPSA) is 121 Å². The summed E-state index contributed by atoms with van der Waals surface area (Å²) in [7, 11) is 0. The number of rotatable bonds is 2. The number of nitrogens with zero attached hydrogens (tertiary/aromatic N) is 4. The average Bonchev–Trinajstić information content (AvgIpc) is 2.81. The van der Waals surface area contributed by atoms with Crippen molar-refractivity contribution < 1.29 is 4.39 Å². The zero-order valence-electron chi connectivity index (χ0n) is 9.86. The predicted octanol–water partition coefficient (Wildman–Crippen LogP) is 0.231. The van der Waals surface area contributed by atoms with E-state index in [2.05, 4.69) is 15.1 Å². The van der Waals surface area contributed by atoms with Crippen LogP contribution >= 0.6 is 0 Å². The Morgan fingerprint density at radius 3 is 2.68 bits per heavy atom. The molecular formula is C11H12FN7. The lowest BCUT2D eigenvalue weighted by molar-refractivity contribution is 0.627. The summed E-state index contributed by atoms with van der Waals surface area (Å²) in [5.74, 6) is -0.843. The highest BCUT2D eigenvalue weighted by Crippen LogP contribution is 2.23. The molecule has 19 heavy (non-hydrogen) atoms. The van der Waals surface area contributed by atoms with Crippen LogP contribution in [0.5, 0.6) is 0 Å². The van der Waals surface area contributed by atoms with Crippen molar-refractivity contribution in [3.05, 3.63) is 42.5 Å². The first kappa shape index (κ1) is 12.6. The van der Waals surface area contributed by atoms with E-state index in [1.54, 1.807) is 18.5 Å². The van der Waals surface area contributed by atoms with Crippen LogP contribution < -0.4 is 17.2 Å². The van der Waals surface area contributed by atoms with Crippen LogP contribution in [-0.4, -0.2) is 21.7 Å². The molecule has 0 fully saturated rings. The van der Waals surface area contributed by atoms with Crippen LogP contribution in [0.1, 0.15) is 0 Å². The molecule has 0 radical (unpaired) electrons. The third-order valence-electron chi connectivity index (χ3n) is 2.17. The van der Waals surface area contributed by atoms with Crippen molar-refractivity contribution in [2.24, 2.45) is 27.2 Å². The summed E-state index contributed by atoms with van der Waals surface area (Å²) >= 11 is 0. The number of aromatic nitrogens is 2. The normalized spacial score (nSPS) is 11.3. The third kappa shape index (κ3) is 3.06. The van der Waals surface area contributed by atoms with Crippen LogP contribution in [0, 0.1) is 5.82 Å². The maximum Gasteiger partial charge on any atom is 0.223 e. The second-order valence-electron chi connectivity index (χ2n) is 3.59. The van der Waals surface area contributed by atoms with Crippen molar-refractivity contribution in [3.8, 4) is 5.69 Å². The number of guanidine groups is 2. The monoisotopic (exact) mass is 261 g/mol. The van der Waals surface area contributed by atoms with E-state index in [0.29, 0.717) is 5.69 Å². The predicted molar refractivity (Wildman–Crippen MR) is 70.6 cm³/mol. The van der Waals surface area contributed by atoms with Gasteiger partial charge in [-0.1, -0.05) is 0 Å². The minimum atomic E-state index is -0.452. The van der Waals surface area contributed by atoms with Gasteiger partial charge in [-0.05, 0) is 18.2 Å². The van der Waals surface area contributed by atoms with Crippen LogP contribution in [-0.2, 0) is 0 Å². The smallest absolute Gasteiger partial charge is 0.223 e. The Balaban J connectivity index is 2.50. The molecule has 0 aliphatic carbocycles. The van der Waals surface area contributed by atoms with Gasteiger partial charge in [-0.2, -0.15) is 10.1 Å². The first-order valence-electron chi connectivity index (χ1n) is 5.29. The summed E-state index contributed by atoms with van der Waals surface area (Å²) in [6.07, 6.45) is 3.29. The summed E-state index contributed by atoms with van der Waals surface area (Å²) < 4.78 is 14.8. The van der Waals surface area contributed by atoms with Crippen LogP contribution in [0.3, 0.4) is 0 Å². The van der Waals surface area contributed by atoms with Gasteiger partial charge in [0.2, 0.25) is 5.96 Å². The number of hydrogen-bond donors (Lipinski definition) is 3. The highest BCUT2D eigenvalue weighted by molar-refractivity contribution is 5.94. The van der Waals surface area contributed by atoms with Crippen molar-refractivity contribution in [2.75, 3.05) is 0 Å². The van der Waals surface area contributed by atoms with Gasteiger partial charge < -0.3 is 17.2 Å². The summed E-state index contributed by atoms with van der Waals surface area (Å²) in [6, 6.07) is 5.78. The lowest BCUT2D eigenvalue weighted by Crippen LogP contribution is -2.26. The van der Waals surface area contributed by atoms with Crippen molar-refractivity contribution in [2.45, 2.75) is 0 Å². The number of benzene rings is 1. The second kappa shape index (κ2) is 5.17. The molecule has 7 nitrogen and oxygen atoms in total. The Hall–Kier alpha value is -2.90. The Morgan fingerprint density at radius 1 is 1.26 bits per heavy atom. The molecular weight excluding hydrogens is 249 g/mol. The van der Waals surface area contributed by atoms with Gasteiger partial charge in [0.25, 0.3) is 0 Å². The molecule has 1 heterocycles. The summed E-state index contributed by atoms with van der Waals surface area (Å²) in [4.78, 5) is 7.53. The van der Waals surface area contributed by atoms with Crippen molar-refractivity contribution >= 4 is 17.6 Å². The number of nitrogens with two attached hydrogens (primary N) is 3. The number of aliphatic imine (C=N–C) groups is 2. The van der Waals surface area contributed by atoms with Gasteiger partial charge >= 0.3 is 0 Å². The Kier molecular flexibility index (Phi) is 3.42. The minimum absolute atomic E-state index is 0.168. The Labute approximate surface area is 108 Å². The highest BCUT2D eigenvalue weighted by atomic mass is 19.1. The largest absolute Gasteiger partial charge is 0.370 e. The first-order valence-corrected chi connectivity index (χ1v) is 5.29. The van der Waals surface area contributed by atoms with Crippen molar-refractivity contribution in [1.82, 2.24) is 9.78 Å². The molecule has 1 aromatic carbocycles. The molecule has 1 aromatic heterocycles. The van der Waals surface area contributed by atoms with E-state index in [0.717, 1.165) is 0 Å². The van der Waals surface area contributed by atoms with Gasteiger partial charge in [0, 0.05) is 18.5 Å². The number of halogens is 1. The molecule has 0 atom stereocenters. The van der Waals surface area contributed by atoms with E-state index in [1.165, 1.54) is 22.9 Å². The van der Waals surface area contributed by atoms with Crippen LogP contribution in [0.2, 0.25) is 0 Å². The zero-order chi connectivity index (χ0) is 13.8. The SMILES string of the molecule is NC(N)=NC(N)=Nc1cc(F)ccc1-n1cccn1. The average molecular weight is 261 g/mol. The highest BCUT2D eigenvalue weighted by Gasteiger charge is 2.06. The Morgan fingerprint density at radius 2 is 2.05 bits per heavy atom. The molecule has 98 valence electrons. The third-order valence-corrected chi connectivity index (χ3v) is 2.17. The molecule has 0 unspecified atom stereocenters. The zero-order valence-corrected chi connectivity index (χ0v) is 9.86. The van der Waals surface area contributed by atoms with Gasteiger partial charge in [0.15, 0.2) is 5.96 Å². The summed E-state index contributed by atoms with van der Waals surface area (Å²) in [5, 5.41) is 4.04. The second-order valence-corrected chi connectivity index (χ2v) is 3.59. The quantitative estimate of drug-likeness (QED) is 0.529. The Bertz CT molecular complexity index is 626. The minimum Gasteiger partial charge on any atom is -0.370 e. The van der Waals surface area contributed by atoms with E-state index in [1.807, 2.05) is 0 Å². The molecule has 8 heteroatoms. The van der Waals surface area contributed by atoms with E-state index < -0.39 is 5.82 Å². The molecule has 2 aromatic rings. The molecule has 0 amide bonds. The lowest BCUT2D eigenvalue weighted by Gasteiger charge is -2.06. The molecule has 0 spiro atoms. The van der Waals surface area contributed by atoms with E-state index in [4.69, 9.17) is 17.2 Å². The fourth-order valence-corrected chi connectivity index (χ4v) is 1.47. The lowest BCUT2D eigenvalue weighted by atomic mass is 10.2. The van der Waals surface area contributed by atoms with Crippen molar-refractivity contribution in [3.63, 3.8) is 0 Å².